The average molecular weight is 391 g/mol. The van der Waals surface area contributed by atoms with Crippen molar-refractivity contribution in [2.75, 3.05) is 11.9 Å². The molecule has 9 nitrogen and oxygen atoms in total. The molecule has 2 rings (SSSR count). The largest absolute Gasteiger partial charge is 0.494 e. The Morgan fingerprint density at radius 2 is 1.93 bits per heavy atom. The monoisotopic (exact) mass is 390 g/mol. The molecule has 0 aliphatic heterocycles. The van der Waals surface area contributed by atoms with E-state index in [1.165, 1.54) is 18.2 Å². The van der Waals surface area contributed by atoms with Gasteiger partial charge >= 0.3 is 11.8 Å². The van der Waals surface area contributed by atoms with Gasteiger partial charge < -0.3 is 10.1 Å². The fourth-order valence-electron chi connectivity index (χ4n) is 1.96. The molecule has 2 N–H and O–H groups in total. The number of nitro groups is 1. The maximum atomic E-state index is 11.8. The molecule has 0 saturated heterocycles. The highest BCUT2D eigenvalue weighted by Gasteiger charge is 2.14. The molecule has 27 heavy (non-hydrogen) atoms. The summed E-state index contributed by atoms with van der Waals surface area (Å²) in [6.45, 7) is 2.37. The second kappa shape index (κ2) is 9.30. The van der Waals surface area contributed by atoms with Gasteiger partial charge in [0.2, 0.25) is 0 Å². The molecule has 0 bridgehead atoms. The highest BCUT2D eigenvalue weighted by atomic mass is 35.5. The number of nitrogens with zero attached hydrogens (tertiary/aromatic N) is 2. The van der Waals surface area contributed by atoms with Crippen LogP contribution >= 0.6 is 11.6 Å². The number of anilines is 1. The molecule has 2 amide bonds. The molecule has 0 heterocycles. The maximum Gasteiger partial charge on any atom is 0.329 e. The third-order valence-corrected chi connectivity index (χ3v) is 3.50. The minimum Gasteiger partial charge on any atom is -0.494 e. The smallest absolute Gasteiger partial charge is 0.329 e. The third-order valence-electron chi connectivity index (χ3n) is 3.18. The molecular weight excluding hydrogens is 376 g/mol. The second-order valence-corrected chi connectivity index (χ2v) is 5.49. The van der Waals surface area contributed by atoms with Gasteiger partial charge in [0.1, 0.15) is 10.8 Å². The lowest BCUT2D eigenvalue weighted by atomic mass is 10.2. The molecule has 0 atom stereocenters. The Morgan fingerprint density at radius 1 is 1.22 bits per heavy atom. The van der Waals surface area contributed by atoms with Gasteiger partial charge in [0.05, 0.1) is 17.7 Å². The number of rotatable bonds is 6. The van der Waals surface area contributed by atoms with Crippen LogP contribution < -0.4 is 15.5 Å². The number of nitro benzene ring substituents is 1. The Bertz CT molecular complexity index is 883. The van der Waals surface area contributed by atoms with Gasteiger partial charge in [-0.05, 0) is 37.3 Å². The van der Waals surface area contributed by atoms with E-state index in [1.807, 2.05) is 12.3 Å². The first kappa shape index (κ1) is 19.9. The predicted molar refractivity (Wildman–Crippen MR) is 100 cm³/mol. The van der Waals surface area contributed by atoms with Gasteiger partial charge in [0, 0.05) is 17.3 Å². The Kier molecular flexibility index (Phi) is 6.84. The van der Waals surface area contributed by atoms with Gasteiger partial charge in [-0.25, -0.2) is 5.43 Å². The molecule has 0 aliphatic rings. The number of halogens is 1. The van der Waals surface area contributed by atoms with Crippen LogP contribution in [0.2, 0.25) is 5.02 Å². The van der Waals surface area contributed by atoms with E-state index in [-0.39, 0.29) is 10.7 Å². The van der Waals surface area contributed by atoms with Gasteiger partial charge in [0.25, 0.3) is 5.69 Å². The van der Waals surface area contributed by atoms with Crippen molar-refractivity contribution in [2.24, 2.45) is 5.10 Å². The van der Waals surface area contributed by atoms with E-state index >= 15 is 0 Å². The van der Waals surface area contributed by atoms with E-state index in [9.17, 15) is 19.7 Å². The highest BCUT2D eigenvalue weighted by molar-refractivity contribution is 6.39. The van der Waals surface area contributed by atoms with Crippen LogP contribution in [-0.4, -0.2) is 29.6 Å². The lowest BCUT2D eigenvalue weighted by Crippen LogP contribution is -2.32. The van der Waals surface area contributed by atoms with Gasteiger partial charge in [-0.2, -0.15) is 5.10 Å². The van der Waals surface area contributed by atoms with Crippen molar-refractivity contribution >= 4 is 41.0 Å². The van der Waals surface area contributed by atoms with Crippen molar-refractivity contribution in [3.63, 3.8) is 0 Å². The third kappa shape index (κ3) is 5.79. The molecule has 0 radical (unpaired) electrons. The van der Waals surface area contributed by atoms with Crippen LogP contribution in [0.1, 0.15) is 12.5 Å². The minimum atomic E-state index is -0.997. The van der Waals surface area contributed by atoms with E-state index in [4.69, 9.17) is 16.3 Å². The number of hydrogen-bond donors (Lipinski definition) is 2. The van der Waals surface area contributed by atoms with Gasteiger partial charge in [-0.15, -0.1) is 0 Å². The average Bonchev–Trinajstić information content (AvgIpc) is 2.64. The van der Waals surface area contributed by atoms with Gasteiger partial charge in [0.15, 0.2) is 0 Å². The Hall–Kier alpha value is -3.46. The first-order valence-corrected chi connectivity index (χ1v) is 8.09. The van der Waals surface area contributed by atoms with Crippen LogP contribution in [-0.2, 0) is 9.59 Å². The maximum absolute atomic E-state index is 11.8. The SMILES string of the molecule is CCOc1ccc(NC(=O)C(=O)N/N=C/c2ccc(Cl)c([N+](=O)[O-])c2)cc1. The summed E-state index contributed by atoms with van der Waals surface area (Å²) >= 11 is 5.70. The number of hydrogen-bond acceptors (Lipinski definition) is 6. The van der Waals surface area contributed by atoms with Crippen molar-refractivity contribution in [1.82, 2.24) is 5.43 Å². The summed E-state index contributed by atoms with van der Waals surface area (Å²) < 4.78 is 5.28. The Balaban J connectivity index is 1.92. The van der Waals surface area contributed by atoms with Crippen LogP contribution in [0, 0.1) is 10.1 Å². The number of carbonyl (C=O) groups excluding carboxylic acids is 2. The van der Waals surface area contributed by atoms with Crippen LogP contribution in [0.25, 0.3) is 0 Å². The van der Waals surface area contributed by atoms with E-state index in [1.54, 1.807) is 24.3 Å². The number of nitrogens with one attached hydrogen (secondary N) is 2. The van der Waals surface area contributed by atoms with Crippen LogP contribution in [0.15, 0.2) is 47.6 Å². The lowest BCUT2D eigenvalue weighted by molar-refractivity contribution is -0.384. The normalized spacial score (nSPS) is 10.4. The van der Waals surface area contributed by atoms with Gasteiger partial charge in [-0.1, -0.05) is 17.7 Å². The van der Waals surface area contributed by atoms with E-state index < -0.39 is 16.7 Å². The molecule has 0 aliphatic carbocycles. The highest BCUT2D eigenvalue weighted by Crippen LogP contribution is 2.24. The number of benzene rings is 2. The van der Waals surface area contributed by atoms with E-state index in [2.05, 4.69) is 10.4 Å². The summed E-state index contributed by atoms with van der Waals surface area (Å²) in [5.41, 5.74) is 2.49. The Morgan fingerprint density at radius 3 is 2.56 bits per heavy atom. The van der Waals surface area contributed by atoms with Gasteiger partial charge in [-0.3, -0.25) is 19.7 Å². The van der Waals surface area contributed by atoms with Crippen molar-refractivity contribution in [3.05, 3.63) is 63.2 Å². The number of carbonyl (C=O) groups is 2. The lowest BCUT2D eigenvalue weighted by Gasteiger charge is -2.06. The molecule has 140 valence electrons. The minimum absolute atomic E-state index is 0.0177. The van der Waals surface area contributed by atoms with Crippen LogP contribution in [0.3, 0.4) is 0 Å². The molecule has 0 aromatic heterocycles. The fourth-order valence-corrected chi connectivity index (χ4v) is 2.14. The van der Waals surface area contributed by atoms with E-state index in [0.717, 1.165) is 6.21 Å². The summed E-state index contributed by atoms with van der Waals surface area (Å²) in [7, 11) is 0. The zero-order chi connectivity index (χ0) is 19.8. The quantitative estimate of drug-likeness (QED) is 0.340. The summed E-state index contributed by atoms with van der Waals surface area (Å²) in [5, 5.41) is 16.8. The number of amides is 2. The molecule has 10 heteroatoms. The molecule has 0 unspecified atom stereocenters. The van der Waals surface area contributed by atoms with Crippen molar-refractivity contribution in [2.45, 2.75) is 6.92 Å². The Labute approximate surface area is 159 Å². The second-order valence-electron chi connectivity index (χ2n) is 5.08. The number of hydrazone groups is 1. The van der Waals surface area contributed by atoms with E-state index in [0.29, 0.717) is 23.6 Å². The molecule has 0 fully saturated rings. The van der Waals surface area contributed by atoms with Crippen molar-refractivity contribution < 1.29 is 19.2 Å². The number of ether oxygens (including phenoxy) is 1. The standard InChI is InChI=1S/C17H15ClN4O5/c1-2-27-13-6-4-12(5-7-13)20-16(23)17(24)21-19-10-11-3-8-14(18)15(9-11)22(25)26/h3-10H,2H2,1H3,(H,20,23)(H,21,24)/b19-10+. The molecule has 0 spiro atoms. The first-order chi connectivity index (χ1) is 12.9. The summed E-state index contributed by atoms with van der Waals surface area (Å²) in [6.07, 6.45) is 1.16. The topological polar surface area (TPSA) is 123 Å². The van der Waals surface area contributed by atoms with Crippen LogP contribution in [0.4, 0.5) is 11.4 Å². The fraction of sp³-hybridized carbons (Fsp3) is 0.118. The zero-order valence-electron chi connectivity index (χ0n) is 14.1. The van der Waals surface area contributed by atoms with Crippen LogP contribution in [0.5, 0.6) is 5.75 Å². The zero-order valence-corrected chi connectivity index (χ0v) is 14.9. The summed E-state index contributed by atoms with van der Waals surface area (Å²) in [5.74, 6) is -1.27. The first-order valence-electron chi connectivity index (χ1n) is 7.72. The van der Waals surface area contributed by atoms with Crippen molar-refractivity contribution in [1.29, 1.82) is 0 Å². The van der Waals surface area contributed by atoms with Crippen molar-refractivity contribution in [3.8, 4) is 5.75 Å². The summed E-state index contributed by atoms with van der Waals surface area (Å²) in [4.78, 5) is 33.7. The molecule has 2 aromatic carbocycles. The summed E-state index contributed by atoms with van der Waals surface area (Å²) in [6, 6.07) is 10.5. The predicted octanol–water partition coefficient (Wildman–Crippen LogP) is 2.74. The molecule has 2 aromatic rings. The molecule has 0 saturated carbocycles. The molecular formula is C17H15ClN4O5.